The van der Waals surface area contributed by atoms with Gasteiger partial charge in [-0.15, -0.1) is 0 Å². The Hall–Kier alpha value is -2.71. The van der Waals surface area contributed by atoms with Gasteiger partial charge < -0.3 is 15.6 Å². The van der Waals surface area contributed by atoms with Gasteiger partial charge in [0.2, 0.25) is 0 Å². The first kappa shape index (κ1) is 21.5. The van der Waals surface area contributed by atoms with Crippen LogP contribution in [0.25, 0.3) is 11.1 Å². The van der Waals surface area contributed by atoms with E-state index in [1.165, 1.54) is 0 Å². The summed E-state index contributed by atoms with van der Waals surface area (Å²) in [5, 5.41) is 9.19. The van der Waals surface area contributed by atoms with E-state index in [1.54, 1.807) is 12.1 Å². The number of rotatable bonds is 7. The summed E-state index contributed by atoms with van der Waals surface area (Å²) >= 11 is 2.18. The SMILES string of the molecule is N[C@H](CC(=O)O)C(C(=O)OCC1c2ccccc2-c2ccccc21)c1ccc(I)cc1. The molecule has 1 aliphatic rings. The Labute approximate surface area is 194 Å². The van der Waals surface area contributed by atoms with Crippen LogP contribution in [0.1, 0.15) is 34.9 Å². The van der Waals surface area contributed by atoms with E-state index < -0.39 is 23.9 Å². The molecule has 0 spiro atoms. The van der Waals surface area contributed by atoms with Crippen molar-refractivity contribution in [1.29, 1.82) is 0 Å². The molecule has 3 aromatic rings. The Kier molecular flexibility index (Phi) is 6.38. The highest BCUT2D eigenvalue weighted by atomic mass is 127. The molecular formula is C25H22INO4. The molecule has 4 rings (SSSR count). The van der Waals surface area contributed by atoms with Gasteiger partial charge >= 0.3 is 11.9 Å². The predicted octanol–water partition coefficient (Wildman–Crippen LogP) is 4.53. The largest absolute Gasteiger partial charge is 0.481 e. The molecule has 3 N–H and O–H groups in total. The van der Waals surface area contributed by atoms with Gasteiger partial charge in [0.1, 0.15) is 6.61 Å². The first-order chi connectivity index (χ1) is 15.0. The minimum Gasteiger partial charge on any atom is -0.481 e. The van der Waals surface area contributed by atoms with Crippen LogP contribution in [0.15, 0.2) is 72.8 Å². The van der Waals surface area contributed by atoms with Crippen LogP contribution in [-0.2, 0) is 14.3 Å². The fourth-order valence-corrected chi connectivity index (χ4v) is 4.60. The molecule has 5 nitrogen and oxygen atoms in total. The highest BCUT2D eigenvalue weighted by Gasteiger charge is 2.33. The number of esters is 1. The minimum atomic E-state index is -1.05. The second-order valence-electron chi connectivity index (χ2n) is 7.65. The topological polar surface area (TPSA) is 89.6 Å². The molecular weight excluding hydrogens is 505 g/mol. The van der Waals surface area contributed by atoms with E-state index in [0.717, 1.165) is 25.8 Å². The fraction of sp³-hybridized carbons (Fsp3) is 0.200. The van der Waals surface area contributed by atoms with Crippen LogP contribution >= 0.6 is 22.6 Å². The molecule has 31 heavy (non-hydrogen) atoms. The van der Waals surface area contributed by atoms with Crippen molar-refractivity contribution in [2.45, 2.75) is 24.3 Å². The number of hydrogen-bond donors (Lipinski definition) is 2. The average molecular weight is 527 g/mol. The van der Waals surface area contributed by atoms with Crippen molar-refractivity contribution in [2.75, 3.05) is 6.61 Å². The normalized spacial score (nSPS) is 14.4. The molecule has 2 atom stereocenters. The summed E-state index contributed by atoms with van der Waals surface area (Å²) in [5.74, 6) is -2.46. The first-order valence-corrected chi connectivity index (χ1v) is 11.1. The molecule has 0 saturated heterocycles. The summed E-state index contributed by atoms with van der Waals surface area (Å²) in [7, 11) is 0. The van der Waals surface area contributed by atoms with Crippen molar-refractivity contribution in [3.63, 3.8) is 0 Å². The molecule has 0 aromatic heterocycles. The molecule has 1 aliphatic carbocycles. The van der Waals surface area contributed by atoms with Crippen LogP contribution in [0.5, 0.6) is 0 Å². The molecule has 0 fully saturated rings. The smallest absolute Gasteiger partial charge is 0.315 e. The van der Waals surface area contributed by atoms with Crippen LogP contribution in [-0.4, -0.2) is 29.7 Å². The summed E-state index contributed by atoms with van der Waals surface area (Å²) in [4.78, 5) is 24.4. The second-order valence-corrected chi connectivity index (χ2v) is 8.89. The van der Waals surface area contributed by atoms with Gasteiger partial charge in [0.15, 0.2) is 0 Å². The molecule has 0 bridgehead atoms. The van der Waals surface area contributed by atoms with Crippen LogP contribution in [0.2, 0.25) is 0 Å². The predicted molar refractivity (Wildman–Crippen MR) is 127 cm³/mol. The van der Waals surface area contributed by atoms with Gasteiger partial charge in [-0.25, -0.2) is 0 Å². The van der Waals surface area contributed by atoms with Gasteiger partial charge in [-0.05, 0) is 62.5 Å². The molecule has 0 aliphatic heterocycles. The van der Waals surface area contributed by atoms with Crippen molar-refractivity contribution in [3.05, 3.63) is 93.1 Å². The van der Waals surface area contributed by atoms with E-state index in [0.29, 0.717) is 5.56 Å². The van der Waals surface area contributed by atoms with Gasteiger partial charge in [0.25, 0.3) is 0 Å². The number of nitrogens with two attached hydrogens (primary N) is 1. The van der Waals surface area contributed by atoms with Crippen LogP contribution < -0.4 is 5.73 Å². The van der Waals surface area contributed by atoms with E-state index in [-0.39, 0.29) is 18.9 Å². The average Bonchev–Trinajstić information content (AvgIpc) is 3.07. The van der Waals surface area contributed by atoms with Gasteiger partial charge in [-0.3, -0.25) is 9.59 Å². The zero-order valence-electron chi connectivity index (χ0n) is 16.7. The maximum absolute atomic E-state index is 13.1. The van der Waals surface area contributed by atoms with Crippen molar-refractivity contribution in [2.24, 2.45) is 5.73 Å². The monoisotopic (exact) mass is 527 g/mol. The van der Waals surface area contributed by atoms with Crippen molar-refractivity contribution < 1.29 is 19.4 Å². The summed E-state index contributed by atoms with van der Waals surface area (Å²) < 4.78 is 6.79. The van der Waals surface area contributed by atoms with E-state index in [4.69, 9.17) is 10.5 Å². The third-order valence-electron chi connectivity index (χ3n) is 5.68. The zero-order valence-corrected chi connectivity index (χ0v) is 18.9. The number of fused-ring (bicyclic) bond motifs is 3. The van der Waals surface area contributed by atoms with E-state index in [1.807, 2.05) is 36.4 Å². The molecule has 1 unspecified atom stereocenters. The number of benzene rings is 3. The van der Waals surface area contributed by atoms with Crippen molar-refractivity contribution in [1.82, 2.24) is 0 Å². The van der Waals surface area contributed by atoms with Crippen LogP contribution in [0.4, 0.5) is 0 Å². The van der Waals surface area contributed by atoms with Gasteiger partial charge in [0, 0.05) is 15.5 Å². The highest BCUT2D eigenvalue weighted by Crippen LogP contribution is 2.44. The maximum Gasteiger partial charge on any atom is 0.315 e. The number of halogens is 1. The molecule has 0 radical (unpaired) electrons. The molecule has 158 valence electrons. The van der Waals surface area contributed by atoms with E-state index >= 15 is 0 Å². The summed E-state index contributed by atoms with van der Waals surface area (Å²) in [6.07, 6.45) is -0.319. The summed E-state index contributed by atoms with van der Waals surface area (Å²) in [5.41, 5.74) is 11.3. The number of carbonyl (C=O) groups excluding carboxylic acids is 1. The van der Waals surface area contributed by atoms with Gasteiger partial charge in [-0.1, -0.05) is 60.7 Å². The third-order valence-corrected chi connectivity index (χ3v) is 6.40. The van der Waals surface area contributed by atoms with Crippen molar-refractivity contribution in [3.8, 4) is 11.1 Å². The third kappa shape index (κ3) is 4.50. The summed E-state index contributed by atoms with van der Waals surface area (Å²) in [6.45, 7) is 0.174. The summed E-state index contributed by atoms with van der Waals surface area (Å²) in [6, 6.07) is 22.7. The number of hydrogen-bond acceptors (Lipinski definition) is 4. The molecule has 3 aromatic carbocycles. The lowest BCUT2D eigenvalue weighted by molar-refractivity contribution is -0.146. The number of carboxylic acid groups (broad SMARTS) is 1. The number of ether oxygens (including phenoxy) is 1. The Bertz CT molecular complexity index is 1070. The zero-order chi connectivity index (χ0) is 22.0. The minimum absolute atomic E-state index is 0.0654. The highest BCUT2D eigenvalue weighted by molar-refractivity contribution is 14.1. The van der Waals surface area contributed by atoms with Gasteiger partial charge in [0.05, 0.1) is 12.3 Å². The van der Waals surface area contributed by atoms with Crippen molar-refractivity contribution >= 4 is 34.5 Å². The standard InChI is InChI=1S/C25H22INO4/c26-16-11-9-15(10-12-16)24(22(27)13-23(28)29)25(30)31-14-21-19-7-3-1-5-17(19)18-6-2-4-8-20(18)21/h1-12,21-22,24H,13-14,27H2,(H,28,29)/t22-,24?/m1/s1. The molecule has 0 saturated carbocycles. The molecule has 6 heteroatoms. The Morgan fingerprint density at radius 3 is 2.03 bits per heavy atom. The Morgan fingerprint density at radius 1 is 0.935 bits per heavy atom. The second kappa shape index (κ2) is 9.20. The quantitative estimate of drug-likeness (QED) is 0.348. The van der Waals surface area contributed by atoms with Gasteiger partial charge in [-0.2, -0.15) is 0 Å². The van der Waals surface area contributed by atoms with E-state index in [9.17, 15) is 14.7 Å². The van der Waals surface area contributed by atoms with Crippen LogP contribution in [0.3, 0.4) is 0 Å². The Balaban J connectivity index is 1.58. The number of aliphatic carboxylic acids is 1. The lowest BCUT2D eigenvalue weighted by atomic mass is 9.90. The number of carboxylic acids is 1. The lowest BCUT2D eigenvalue weighted by Crippen LogP contribution is -2.37. The molecule has 0 heterocycles. The lowest BCUT2D eigenvalue weighted by Gasteiger charge is -2.23. The van der Waals surface area contributed by atoms with E-state index in [2.05, 4.69) is 46.9 Å². The molecule has 0 amide bonds. The number of carbonyl (C=O) groups is 2. The van der Waals surface area contributed by atoms with Crippen LogP contribution in [0, 0.1) is 3.57 Å². The Morgan fingerprint density at radius 2 is 1.48 bits per heavy atom. The maximum atomic E-state index is 13.1. The first-order valence-electron chi connectivity index (χ1n) is 10.0. The fourth-order valence-electron chi connectivity index (χ4n) is 4.24.